The molecule has 6 nitrogen and oxygen atoms in total. The van der Waals surface area contributed by atoms with E-state index in [0.717, 1.165) is 18.1 Å². The van der Waals surface area contributed by atoms with Gasteiger partial charge in [0.25, 0.3) is 11.8 Å². The molecular formula is C30H24F3N3O3. The Bertz CT molecular complexity index is 1520. The average Bonchev–Trinajstić information content (AvgIpc) is 3.31. The Balaban J connectivity index is 1.24. The van der Waals surface area contributed by atoms with Gasteiger partial charge in [0.2, 0.25) is 0 Å². The van der Waals surface area contributed by atoms with Crippen LogP contribution in [0.2, 0.25) is 0 Å². The zero-order valence-electron chi connectivity index (χ0n) is 20.9. The third kappa shape index (κ3) is 6.09. The molecule has 198 valence electrons. The van der Waals surface area contributed by atoms with E-state index in [1.54, 1.807) is 18.2 Å². The van der Waals surface area contributed by atoms with Crippen LogP contribution in [-0.4, -0.2) is 23.0 Å². The molecule has 0 bridgehead atoms. The van der Waals surface area contributed by atoms with Gasteiger partial charge in [-0.2, -0.15) is 0 Å². The van der Waals surface area contributed by atoms with E-state index in [-0.39, 0.29) is 17.4 Å². The Labute approximate surface area is 222 Å². The van der Waals surface area contributed by atoms with Crippen LogP contribution < -0.4 is 15.4 Å². The molecule has 4 aromatic rings. The number of anilines is 1. The normalized spacial score (nSPS) is 14.4. The number of alkyl halides is 2. The first-order valence-electron chi connectivity index (χ1n) is 12.3. The number of pyridine rings is 1. The number of ether oxygens (including phenoxy) is 1. The molecule has 1 atom stereocenters. The van der Waals surface area contributed by atoms with Gasteiger partial charge in [-0.15, -0.1) is 0 Å². The predicted octanol–water partition coefficient (Wildman–Crippen LogP) is 6.51. The molecule has 3 aromatic carbocycles. The van der Waals surface area contributed by atoms with Gasteiger partial charge >= 0.3 is 6.09 Å². The number of nitrogens with one attached hydrogen (secondary N) is 2. The minimum Gasteiger partial charge on any atom is -0.410 e. The molecule has 2 N–H and O–H groups in total. The lowest BCUT2D eigenvalue weighted by Gasteiger charge is -2.13. The molecule has 0 radical (unpaired) electrons. The number of carbonyl (C=O) groups excluding carboxylic acids is 2. The summed E-state index contributed by atoms with van der Waals surface area (Å²) in [6.45, 7) is 0.830. The minimum absolute atomic E-state index is 0.122. The van der Waals surface area contributed by atoms with Crippen LogP contribution in [0.1, 0.15) is 34.0 Å². The zero-order valence-corrected chi connectivity index (χ0v) is 20.9. The van der Waals surface area contributed by atoms with E-state index in [1.165, 1.54) is 54.7 Å². The third-order valence-corrected chi connectivity index (χ3v) is 6.46. The second-order valence-corrected chi connectivity index (χ2v) is 9.40. The molecule has 2 amide bonds. The van der Waals surface area contributed by atoms with E-state index >= 15 is 0 Å². The van der Waals surface area contributed by atoms with Crippen LogP contribution in [0.5, 0.6) is 5.75 Å². The van der Waals surface area contributed by atoms with Gasteiger partial charge in [0, 0.05) is 36.0 Å². The number of amides is 2. The van der Waals surface area contributed by atoms with Crippen molar-refractivity contribution in [3.05, 3.63) is 113 Å². The van der Waals surface area contributed by atoms with Crippen LogP contribution in [-0.2, 0) is 18.8 Å². The van der Waals surface area contributed by atoms with Crippen LogP contribution in [0, 0.1) is 5.82 Å². The molecule has 0 fully saturated rings. The van der Waals surface area contributed by atoms with Gasteiger partial charge < -0.3 is 15.4 Å². The van der Waals surface area contributed by atoms with Crippen molar-refractivity contribution in [1.82, 2.24) is 10.3 Å². The molecule has 0 aliphatic heterocycles. The molecule has 1 heterocycles. The Morgan fingerprint density at radius 1 is 0.949 bits per heavy atom. The van der Waals surface area contributed by atoms with Gasteiger partial charge in [-0.3, -0.25) is 9.78 Å². The van der Waals surface area contributed by atoms with Crippen molar-refractivity contribution >= 4 is 17.7 Å². The van der Waals surface area contributed by atoms with Gasteiger partial charge in [0.1, 0.15) is 11.6 Å². The average molecular weight is 532 g/mol. The maximum Gasteiger partial charge on any atom is 0.412 e. The molecule has 1 unspecified atom stereocenters. The number of halogens is 3. The minimum atomic E-state index is -2.96. The van der Waals surface area contributed by atoms with Crippen LogP contribution in [0.4, 0.5) is 23.7 Å². The van der Waals surface area contributed by atoms with Gasteiger partial charge in [-0.05, 0) is 72.5 Å². The Hall–Kier alpha value is -4.66. The Morgan fingerprint density at radius 3 is 2.38 bits per heavy atom. The van der Waals surface area contributed by atoms with Crippen molar-refractivity contribution in [2.75, 3.05) is 5.32 Å². The molecular weight excluding hydrogens is 507 g/mol. The fourth-order valence-electron chi connectivity index (χ4n) is 4.54. The summed E-state index contributed by atoms with van der Waals surface area (Å²) in [6.07, 6.45) is 2.05. The van der Waals surface area contributed by atoms with E-state index in [1.807, 2.05) is 12.1 Å². The predicted molar refractivity (Wildman–Crippen MR) is 140 cm³/mol. The molecule has 1 aliphatic rings. The van der Waals surface area contributed by atoms with Crippen molar-refractivity contribution in [2.45, 2.75) is 31.7 Å². The fraction of sp³-hybridized carbons (Fsp3) is 0.167. The second-order valence-electron chi connectivity index (χ2n) is 9.40. The van der Waals surface area contributed by atoms with Crippen LogP contribution in [0.15, 0.2) is 85.1 Å². The van der Waals surface area contributed by atoms with E-state index in [9.17, 15) is 22.8 Å². The summed E-state index contributed by atoms with van der Waals surface area (Å²) in [7, 11) is 0. The van der Waals surface area contributed by atoms with Gasteiger partial charge in [-0.1, -0.05) is 30.3 Å². The number of fused-ring (bicyclic) bond motifs is 1. The number of nitrogens with zero attached hydrogens (tertiary/aromatic N) is 1. The summed E-state index contributed by atoms with van der Waals surface area (Å²) in [5.74, 6) is -3.54. The fourth-order valence-corrected chi connectivity index (χ4v) is 4.54. The topological polar surface area (TPSA) is 80.3 Å². The van der Waals surface area contributed by atoms with Gasteiger partial charge in [0.05, 0.1) is 11.3 Å². The van der Waals surface area contributed by atoms with E-state index in [2.05, 4.69) is 15.6 Å². The highest BCUT2D eigenvalue weighted by molar-refractivity contribution is 6.08. The summed E-state index contributed by atoms with van der Waals surface area (Å²) < 4.78 is 45.5. The summed E-state index contributed by atoms with van der Waals surface area (Å²) in [5, 5.41) is 5.70. The number of hydrogen-bond acceptors (Lipinski definition) is 4. The highest BCUT2D eigenvalue weighted by Crippen LogP contribution is 2.30. The number of hydrogen-bond donors (Lipinski definition) is 2. The lowest BCUT2D eigenvalue weighted by Crippen LogP contribution is -2.37. The molecule has 1 aliphatic carbocycles. The molecule has 5 rings (SSSR count). The highest BCUT2D eigenvalue weighted by Gasteiger charge is 2.26. The van der Waals surface area contributed by atoms with Crippen LogP contribution >= 0.6 is 0 Å². The summed E-state index contributed by atoms with van der Waals surface area (Å²) in [5.41, 5.74) is 3.69. The Morgan fingerprint density at radius 2 is 1.67 bits per heavy atom. The molecule has 9 heteroatoms. The standard InChI is InChI=1S/C30H24F3N3O3/c1-30(32,33)21-7-4-18(5-8-21)27-26(3-2-14-34-27)28(37)35-23-11-6-19-15-24(17-20(19)16-23)36-29(38)39-25-12-9-22(31)10-13-25/h2-14,16,24H,15,17H2,1H3,(H,35,37)(H,36,38). The lowest BCUT2D eigenvalue weighted by atomic mass is 10.0. The molecule has 0 saturated heterocycles. The first-order chi connectivity index (χ1) is 18.7. The summed E-state index contributed by atoms with van der Waals surface area (Å²) in [4.78, 5) is 29.7. The first-order valence-corrected chi connectivity index (χ1v) is 12.3. The van der Waals surface area contributed by atoms with Crippen LogP contribution in [0.3, 0.4) is 0 Å². The smallest absolute Gasteiger partial charge is 0.410 e. The van der Waals surface area contributed by atoms with Crippen molar-refractivity contribution in [2.24, 2.45) is 0 Å². The number of rotatable bonds is 6. The second kappa shape index (κ2) is 10.6. The van der Waals surface area contributed by atoms with Crippen molar-refractivity contribution in [3.8, 4) is 17.0 Å². The zero-order chi connectivity index (χ0) is 27.6. The summed E-state index contributed by atoms with van der Waals surface area (Å²) in [6, 6.07) is 19.5. The number of benzene rings is 3. The number of carbonyl (C=O) groups is 2. The maximum atomic E-state index is 13.6. The quantitative estimate of drug-likeness (QED) is 0.297. The van der Waals surface area contributed by atoms with Crippen LogP contribution in [0.25, 0.3) is 11.3 Å². The number of aromatic nitrogens is 1. The highest BCUT2D eigenvalue weighted by atomic mass is 19.3. The molecule has 0 saturated carbocycles. The van der Waals surface area contributed by atoms with E-state index in [0.29, 0.717) is 35.3 Å². The molecule has 0 spiro atoms. The van der Waals surface area contributed by atoms with Crippen molar-refractivity contribution < 1.29 is 27.5 Å². The van der Waals surface area contributed by atoms with Gasteiger partial charge in [0.15, 0.2) is 0 Å². The first kappa shape index (κ1) is 26.0. The SMILES string of the molecule is CC(F)(F)c1ccc(-c2ncccc2C(=O)Nc2ccc3c(c2)CC(NC(=O)Oc2ccc(F)cc2)C3)cc1. The summed E-state index contributed by atoms with van der Waals surface area (Å²) >= 11 is 0. The monoisotopic (exact) mass is 531 g/mol. The van der Waals surface area contributed by atoms with E-state index < -0.39 is 23.7 Å². The lowest BCUT2D eigenvalue weighted by molar-refractivity contribution is 0.0175. The maximum absolute atomic E-state index is 13.6. The Kier molecular flexibility index (Phi) is 7.06. The van der Waals surface area contributed by atoms with E-state index in [4.69, 9.17) is 4.74 Å². The molecule has 1 aromatic heterocycles. The van der Waals surface area contributed by atoms with Crippen molar-refractivity contribution in [3.63, 3.8) is 0 Å². The third-order valence-electron chi connectivity index (χ3n) is 6.46. The largest absolute Gasteiger partial charge is 0.412 e. The van der Waals surface area contributed by atoms with Gasteiger partial charge in [-0.25, -0.2) is 18.0 Å². The van der Waals surface area contributed by atoms with Crippen molar-refractivity contribution in [1.29, 1.82) is 0 Å². The molecule has 39 heavy (non-hydrogen) atoms.